The van der Waals surface area contributed by atoms with Crippen molar-refractivity contribution in [2.75, 3.05) is 11.5 Å². The molecule has 1 unspecified atom stereocenters. The van der Waals surface area contributed by atoms with Crippen LogP contribution in [0.4, 0.5) is 0 Å². The first-order valence-electron chi connectivity index (χ1n) is 6.30. The lowest BCUT2D eigenvalue weighted by atomic mass is 10.1. The molecular weight excluding hydrogens is 262 g/mol. The molecule has 1 atom stereocenters. The number of aromatic carboxylic acids is 1. The van der Waals surface area contributed by atoms with Gasteiger partial charge in [-0.05, 0) is 18.2 Å². The van der Waals surface area contributed by atoms with Crippen molar-refractivity contribution < 1.29 is 14.3 Å². The van der Waals surface area contributed by atoms with Gasteiger partial charge in [0, 0.05) is 17.2 Å². The molecule has 1 fully saturated rings. The topological polar surface area (TPSA) is 62.5 Å². The minimum atomic E-state index is -0.928. The van der Waals surface area contributed by atoms with Gasteiger partial charge >= 0.3 is 5.97 Å². The van der Waals surface area contributed by atoms with Gasteiger partial charge in [-0.3, -0.25) is 0 Å². The Kier molecular flexibility index (Phi) is 3.48. The second-order valence-corrected chi connectivity index (χ2v) is 5.79. The fourth-order valence-corrected chi connectivity index (χ4v) is 3.57. The summed E-state index contributed by atoms with van der Waals surface area (Å²) in [5, 5.41) is 13.4. The molecule has 0 amide bonds. The van der Waals surface area contributed by atoms with Gasteiger partial charge in [-0.15, -0.1) is 0 Å². The molecule has 2 N–H and O–H groups in total. The second-order valence-electron chi connectivity index (χ2n) is 4.64. The van der Waals surface area contributed by atoms with E-state index in [9.17, 15) is 9.90 Å². The Morgan fingerprint density at radius 3 is 3.05 bits per heavy atom. The van der Waals surface area contributed by atoms with E-state index in [0.717, 1.165) is 12.2 Å². The van der Waals surface area contributed by atoms with Crippen molar-refractivity contribution >= 4 is 28.7 Å². The van der Waals surface area contributed by atoms with Crippen molar-refractivity contribution in [1.82, 2.24) is 5.32 Å². The molecule has 1 aromatic carbocycles. The third-order valence-corrected chi connectivity index (χ3v) is 4.53. The fraction of sp³-hybridized carbons (Fsp3) is 0.357. The first kappa shape index (κ1) is 12.6. The van der Waals surface area contributed by atoms with E-state index < -0.39 is 5.97 Å². The molecule has 0 spiro atoms. The highest BCUT2D eigenvalue weighted by Gasteiger charge is 2.21. The molecule has 1 saturated heterocycles. The Morgan fingerprint density at radius 2 is 2.32 bits per heavy atom. The van der Waals surface area contributed by atoms with Crippen LogP contribution in [0.15, 0.2) is 28.7 Å². The van der Waals surface area contributed by atoms with Crippen LogP contribution >= 0.6 is 11.8 Å². The van der Waals surface area contributed by atoms with E-state index in [1.807, 2.05) is 23.9 Å². The van der Waals surface area contributed by atoms with Gasteiger partial charge in [0.25, 0.3) is 0 Å². The van der Waals surface area contributed by atoms with Gasteiger partial charge in [0.2, 0.25) is 0 Å². The van der Waals surface area contributed by atoms with Crippen molar-refractivity contribution in [2.24, 2.45) is 0 Å². The summed E-state index contributed by atoms with van der Waals surface area (Å²) >= 11 is 1.92. The maximum Gasteiger partial charge on any atom is 0.339 e. The summed E-state index contributed by atoms with van der Waals surface area (Å²) in [7, 11) is 0. The normalized spacial score (nSPS) is 19.1. The number of hydrogen-bond donors (Lipinski definition) is 2. The number of furan rings is 1. The number of carbonyl (C=O) groups is 1. The van der Waals surface area contributed by atoms with E-state index >= 15 is 0 Å². The van der Waals surface area contributed by atoms with Crippen molar-refractivity contribution in [3.05, 3.63) is 35.6 Å². The van der Waals surface area contributed by atoms with Crippen molar-refractivity contribution in [3.63, 3.8) is 0 Å². The van der Waals surface area contributed by atoms with Crippen LogP contribution in [0.3, 0.4) is 0 Å². The number of benzene rings is 1. The van der Waals surface area contributed by atoms with Crippen LogP contribution < -0.4 is 5.32 Å². The molecule has 0 radical (unpaired) electrons. The largest absolute Gasteiger partial charge is 0.478 e. The van der Waals surface area contributed by atoms with Crippen LogP contribution in [0.2, 0.25) is 0 Å². The predicted octanol–water partition coefficient (Wildman–Crippen LogP) is 2.73. The monoisotopic (exact) mass is 277 g/mol. The Morgan fingerprint density at radius 1 is 1.47 bits per heavy atom. The quantitative estimate of drug-likeness (QED) is 0.899. The van der Waals surface area contributed by atoms with E-state index in [-0.39, 0.29) is 5.56 Å². The van der Waals surface area contributed by atoms with Gasteiger partial charge in [0.1, 0.15) is 16.9 Å². The molecule has 19 heavy (non-hydrogen) atoms. The van der Waals surface area contributed by atoms with Crippen LogP contribution in [0.25, 0.3) is 11.0 Å². The van der Waals surface area contributed by atoms with Crippen LogP contribution in [0.1, 0.15) is 22.5 Å². The molecule has 100 valence electrons. The zero-order valence-electron chi connectivity index (χ0n) is 10.4. The fourth-order valence-electron chi connectivity index (χ4n) is 2.39. The third kappa shape index (κ3) is 2.48. The molecule has 3 rings (SSSR count). The zero-order chi connectivity index (χ0) is 13.2. The summed E-state index contributed by atoms with van der Waals surface area (Å²) in [5.74, 6) is 1.85. The number of fused-ring (bicyclic) bond motifs is 1. The predicted molar refractivity (Wildman–Crippen MR) is 75.7 cm³/mol. The maximum atomic E-state index is 11.4. The number of para-hydroxylation sites is 1. The van der Waals surface area contributed by atoms with Gasteiger partial charge < -0.3 is 14.8 Å². The lowest BCUT2D eigenvalue weighted by molar-refractivity contribution is 0.0696. The van der Waals surface area contributed by atoms with E-state index in [0.29, 0.717) is 29.3 Å². The summed E-state index contributed by atoms with van der Waals surface area (Å²) in [6.45, 7) is 0.474. The van der Waals surface area contributed by atoms with Gasteiger partial charge in [0.15, 0.2) is 0 Å². The summed E-state index contributed by atoms with van der Waals surface area (Å²) in [6, 6.07) is 7.73. The van der Waals surface area contributed by atoms with Crippen molar-refractivity contribution in [3.8, 4) is 0 Å². The SMILES string of the molecule is O=C(O)c1c(CNC2CCSC2)oc2ccccc12. The van der Waals surface area contributed by atoms with E-state index in [1.54, 1.807) is 12.1 Å². The Labute approximate surface area is 115 Å². The first-order valence-corrected chi connectivity index (χ1v) is 7.46. The van der Waals surface area contributed by atoms with Crippen LogP contribution in [0.5, 0.6) is 0 Å². The Hall–Kier alpha value is -1.46. The van der Waals surface area contributed by atoms with Crippen LogP contribution in [-0.4, -0.2) is 28.6 Å². The maximum absolute atomic E-state index is 11.4. The first-order chi connectivity index (χ1) is 9.25. The highest BCUT2D eigenvalue weighted by molar-refractivity contribution is 7.99. The molecule has 1 aromatic heterocycles. The summed E-state index contributed by atoms with van der Waals surface area (Å²) in [5.41, 5.74) is 0.922. The Bertz CT molecular complexity index is 602. The standard InChI is InChI=1S/C14H15NO3S/c16-14(17)13-10-3-1-2-4-11(10)18-12(13)7-15-9-5-6-19-8-9/h1-4,9,15H,5-8H2,(H,16,17). The molecular formula is C14H15NO3S. The van der Waals surface area contributed by atoms with Crippen molar-refractivity contribution in [1.29, 1.82) is 0 Å². The van der Waals surface area contributed by atoms with Crippen LogP contribution in [0, 0.1) is 0 Å². The molecule has 4 nitrogen and oxygen atoms in total. The summed E-state index contributed by atoms with van der Waals surface area (Å²) < 4.78 is 5.67. The number of thioether (sulfide) groups is 1. The van der Waals surface area contributed by atoms with Crippen molar-refractivity contribution in [2.45, 2.75) is 19.0 Å². The summed E-state index contributed by atoms with van der Waals surface area (Å²) in [4.78, 5) is 11.4. The molecule has 1 aliphatic heterocycles. The molecule has 2 aromatic rings. The lowest BCUT2D eigenvalue weighted by Gasteiger charge is -2.09. The van der Waals surface area contributed by atoms with E-state index in [2.05, 4.69) is 5.32 Å². The van der Waals surface area contributed by atoms with E-state index in [4.69, 9.17) is 4.42 Å². The number of carboxylic acids is 1. The summed E-state index contributed by atoms with van der Waals surface area (Å²) in [6.07, 6.45) is 1.13. The third-order valence-electron chi connectivity index (χ3n) is 3.36. The minimum absolute atomic E-state index is 0.286. The van der Waals surface area contributed by atoms with Crippen LogP contribution in [-0.2, 0) is 6.54 Å². The van der Waals surface area contributed by atoms with Gasteiger partial charge in [-0.2, -0.15) is 11.8 Å². The molecule has 0 bridgehead atoms. The zero-order valence-corrected chi connectivity index (χ0v) is 11.2. The highest BCUT2D eigenvalue weighted by Crippen LogP contribution is 2.26. The number of nitrogens with one attached hydrogen (secondary N) is 1. The molecule has 2 heterocycles. The van der Waals surface area contributed by atoms with Gasteiger partial charge in [-0.1, -0.05) is 18.2 Å². The number of hydrogen-bond acceptors (Lipinski definition) is 4. The smallest absolute Gasteiger partial charge is 0.339 e. The Balaban J connectivity index is 1.88. The number of carboxylic acid groups (broad SMARTS) is 1. The van der Waals surface area contributed by atoms with E-state index in [1.165, 1.54) is 5.75 Å². The average Bonchev–Trinajstić information content (AvgIpc) is 3.03. The van der Waals surface area contributed by atoms with Gasteiger partial charge in [-0.25, -0.2) is 4.79 Å². The molecule has 5 heteroatoms. The minimum Gasteiger partial charge on any atom is -0.478 e. The highest BCUT2D eigenvalue weighted by atomic mass is 32.2. The van der Waals surface area contributed by atoms with Gasteiger partial charge in [0.05, 0.1) is 6.54 Å². The lowest BCUT2D eigenvalue weighted by Crippen LogP contribution is -2.28. The second kappa shape index (κ2) is 5.27. The molecule has 1 aliphatic rings. The average molecular weight is 277 g/mol. The molecule has 0 saturated carbocycles. The molecule has 0 aliphatic carbocycles. The number of rotatable bonds is 4.